The molecule has 1 aromatic heterocycles. The highest BCUT2D eigenvalue weighted by Crippen LogP contribution is 2.24. The number of aryl methyl sites for hydroxylation is 2. The minimum absolute atomic E-state index is 0.882. The summed E-state index contributed by atoms with van der Waals surface area (Å²) in [7, 11) is 0. The van der Waals surface area contributed by atoms with Crippen LogP contribution in [0.1, 0.15) is 37.1 Å². The van der Waals surface area contributed by atoms with Gasteiger partial charge in [-0.3, -0.25) is 0 Å². The lowest BCUT2D eigenvalue weighted by Gasteiger charge is -2.37. The number of aromatic nitrogens is 2. The summed E-state index contributed by atoms with van der Waals surface area (Å²) in [4.78, 5) is 16.9. The van der Waals surface area contributed by atoms with E-state index in [4.69, 9.17) is 9.97 Å². The molecule has 5 nitrogen and oxygen atoms in total. The number of piperazine rings is 1. The van der Waals surface area contributed by atoms with Crippen LogP contribution in [-0.2, 0) is 0 Å². The molecule has 2 aromatic rings. The second kappa shape index (κ2) is 8.15. The first kappa shape index (κ1) is 18.1. The van der Waals surface area contributed by atoms with E-state index in [1.54, 1.807) is 0 Å². The zero-order valence-corrected chi connectivity index (χ0v) is 16.7. The summed E-state index contributed by atoms with van der Waals surface area (Å²) in [5.74, 6) is 3.08. The van der Waals surface area contributed by atoms with Crippen molar-refractivity contribution >= 4 is 17.3 Å². The van der Waals surface area contributed by atoms with Crippen LogP contribution >= 0.6 is 0 Å². The van der Waals surface area contributed by atoms with Crippen LogP contribution < -0.4 is 14.7 Å². The molecule has 3 heterocycles. The van der Waals surface area contributed by atoms with Crippen molar-refractivity contribution in [3.63, 3.8) is 0 Å². The largest absolute Gasteiger partial charge is 0.368 e. The van der Waals surface area contributed by atoms with E-state index in [0.717, 1.165) is 56.7 Å². The minimum atomic E-state index is 0.882. The molecule has 2 aliphatic rings. The van der Waals surface area contributed by atoms with E-state index in [1.807, 2.05) is 6.92 Å². The maximum Gasteiger partial charge on any atom is 0.134 e. The minimum Gasteiger partial charge on any atom is -0.368 e. The molecule has 0 unspecified atom stereocenters. The van der Waals surface area contributed by atoms with Crippen LogP contribution in [0.25, 0.3) is 0 Å². The Morgan fingerprint density at radius 3 is 1.89 bits per heavy atom. The third-order valence-electron chi connectivity index (χ3n) is 5.71. The summed E-state index contributed by atoms with van der Waals surface area (Å²) in [6, 6.07) is 11.0. The Morgan fingerprint density at radius 1 is 0.667 bits per heavy atom. The van der Waals surface area contributed by atoms with E-state index >= 15 is 0 Å². The van der Waals surface area contributed by atoms with Gasteiger partial charge in [0.2, 0.25) is 0 Å². The van der Waals surface area contributed by atoms with Gasteiger partial charge in [-0.25, -0.2) is 9.97 Å². The maximum atomic E-state index is 4.76. The average molecular weight is 366 g/mol. The van der Waals surface area contributed by atoms with Gasteiger partial charge in [0.05, 0.1) is 0 Å². The molecule has 2 saturated heterocycles. The fraction of sp³-hybridized carbons (Fsp3) is 0.545. The van der Waals surface area contributed by atoms with E-state index < -0.39 is 0 Å². The zero-order chi connectivity index (χ0) is 18.6. The summed E-state index contributed by atoms with van der Waals surface area (Å²) in [5.41, 5.74) is 2.65. The van der Waals surface area contributed by atoms with Crippen molar-refractivity contribution in [2.24, 2.45) is 0 Å². The highest BCUT2D eigenvalue weighted by Gasteiger charge is 2.20. The molecule has 4 rings (SSSR count). The lowest BCUT2D eigenvalue weighted by atomic mass is 10.2. The van der Waals surface area contributed by atoms with Crippen molar-refractivity contribution < 1.29 is 0 Å². The third-order valence-corrected chi connectivity index (χ3v) is 5.71. The molecule has 0 bridgehead atoms. The van der Waals surface area contributed by atoms with E-state index in [1.165, 1.54) is 36.9 Å². The Kier molecular flexibility index (Phi) is 5.46. The fourth-order valence-corrected chi connectivity index (χ4v) is 4.18. The highest BCUT2D eigenvalue weighted by molar-refractivity contribution is 5.54. The molecule has 1 aromatic carbocycles. The molecule has 5 heteroatoms. The Morgan fingerprint density at radius 2 is 1.26 bits per heavy atom. The molecule has 0 amide bonds. The monoisotopic (exact) mass is 365 g/mol. The molecule has 0 saturated carbocycles. The molecule has 0 N–H and O–H groups in total. The Hall–Kier alpha value is -2.30. The molecule has 2 fully saturated rings. The third kappa shape index (κ3) is 4.34. The maximum absolute atomic E-state index is 4.76. The predicted molar refractivity (Wildman–Crippen MR) is 113 cm³/mol. The Bertz CT molecular complexity index is 759. The van der Waals surface area contributed by atoms with Gasteiger partial charge in [0.25, 0.3) is 0 Å². The lowest BCUT2D eigenvalue weighted by Crippen LogP contribution is -2.47. The predicted octanol–water partition coefficient (Wildman–Crippen LogP) is 3.80. The van der Waals surface area contributed by atoms with E-state index in [9.17, 15) is 0 Å². The van der Waals surface area contributed by atoms with Crippen molar-refractivity contribution in [1.29, 1.82) is 0 Å². The number of benzene rings is 1. The number of hydrogen-bond acceptors (Lipinski definition) is 5. The van der Waals surface area contributed by atoms with Crippen molar-refractivity contribution in [2.75, 3.05) is 54.0 Å². The molecule has 0 spiro atoms. The number of hydrogen-bond donors (Lipinski definition) is 0. The van der Waals surface area contributed by atoms with Gasteiger partial charge < -0.3 is 14.7 Å². The first-order valence-electron chi connectivity index (χ1n) is 10.4. The summed E-state index contributed by atoms with van der Waals surface area (Å²) < 4.78 is 0. The van der Waals surface area contributed by atoms with Gasteiger partial charge in [-0.2, -0.15) is 0 Å². The van der Waals surface area contributed by atoms with E-state index in [2.05, 4.69) is 52.0 Å². The van der Waals surface area contributed by atoms with E-state index in [-0.39, 0.29) is 0 Å². The second-order valence-electron chi connectivity index (χ2n) is 7.85. The topological polar surface area (TPSA) is 35.5 Å². The Balaban J connectivity index is 1.46. The van der Waals surface area contributed by atoms with Crippen LogP contribution in [0, 0.1) is 13.8 Å². The SMILES string of the molecule is Cc1cccc(N2CCN(c3cc(N4CCCCCC4)nc(C)n3)CC2)c1. The van der Waals surface area contributed by atoms with Crippen LogP contribution in [0.4, 0.5) is 17.3 Å². The van der Waals surface area contributed by atoms with Crippen molar-refractivity contribution in [2.45, 2.75) is 39.5 Å². The molecular weight excluding hydrogens is 334 g/mol. The Labute approximate surface area is 163 Å². The van der Waals surface area contributed by atoms with Crippen LogP contribution in [0.3, 0.4) is 0 Å². The van der Waals surface area contributed by atoms with Crippen LogP contribution in [0.5, 0.6) is 0 Å². The molecule has 144 valence electrons. The van der Waals surface area contributed by atoms with Gasteiger partial charge in [0, 0.05) is 51.0 Å². The fourth-order valence-electron chi connectivity index (χ4n) is 4.18. The molecule has 0 aliphatic carbocycles. The van der Waals surface area contributed by atoms with Gasteiger partial charge in [0.15, 0.2) is 0 Å². The zero-order valence-electron chi connectivity index (χ0n) is 16.7. The molecule has 27 heavy (non-hydrogen) atoms. The van der Waals surface area contributed by atoms with Crippen molar-refractivity contribution in [3.05, 3.63) is 41.7 Å². The quantitative estimate of drug-likeness (QED) is 0.827. The molecule has 2 aliphatic heterocycles. The van der Waals surface area contributed by atoms with E-state index in [0.29, 0.717) is 0 Å². The van der Waals surface area contributed by atoms with Gasteiger partial charge in [-0.1, -0.05) is 25.0 Å². The first-order valence-corrected chi connectivity index (χ1v) is 10.4. The van der Waals surface area contributed by atoms with Gasteiger partial charge in [0.1, 0.15) is 17.5 Å². The smallest absolute Gasteiger partial charge is 0.134 e. The summed E-state index contributed by atoms with van der Waals surface area (Å²) >= 11 is 0. The number of rotatable bonds is 3. The van der Waals surface area contributed by atoms with Crippen LogP contribution in [0.15, 0.2) is 30.3 Å². The lowest BCUT2D eigenvalue weighted by molar-refractivity contribution is 0.645. The normalized spacial score (nSPS) is 18.5. The van der Waals surface area contributed by atoms with Crippen LogP contribution in [-0.4, -0.2) is 49.2 Å². The molecule has 0 radical (unpaired) electrons. The summed E-state index contributed by atoms with van der Waals surface area (Å²) in [6.45, 7) is 10.5. The summed E-state index contributed by atoms with van der Waals surface area (Å²) in [6.07, 6.45) is 5.23. The second-order valence-corrected chi connectivity index (χ2v) is 7.85. The molecular formula is C22H31N5. The van der Waals surface area contributed by atoms with Gasteiger partial charge in [-0.15, -0.1) is 0 Å². The van der Waals surface area contributed by atoms with Gasteiger partial charge in [-0.05, 0) is 44.4 Å². The molecule has 0 atom stereocenters. The average Bonchev–Trinajstić information content (AvgIpc) is 2.97. The summed E-state index contributed by atoms with van der Waals surface area (Å²) in [5, 5.41) is 0. The first-order chi connectivity index (χ1) is 13.2. The number of anilines is 3. The number of nitrogens with zero attached hydrogens (tertiary/aromatic N) is 5. The van der Waals surface area contributed by atoms with Crippen molar-refractivity contribution in [3.8, 4) is 0 Å². The van der Waals surface area contributed by atoms with Crippen LogP contribution in [0.2, 0.25) is 0 Å². The van der Waals surface area contributed by atoms with Gasteiger partial charge >= 0.3 is 0 Å². The highest BCUT2D eigenvalue weighted by atomic mass is 15.3. The standard InChI is InChI=1S/C22H31N5/c1-18-8-7-9-20(16-18)25-12-14-27(15-13-25)22-17-21(23-19(2)24-22)26-10-5-3-4-6-11-26/h7-9,16-17H,3-6,10-15H2,1-2H3. The van der Waals surface area contributed by atoms with Crippen molar-refractivity contribution in [1.82, 2.24) is 9.97 Å².